The lowest BCUT2D eigenvalue weighted by atomic mass is 9.81. The zero-order valence-electron chi connectivity index (χ0n) is 11.8. The molecule has 102 valence electrons. The molecule has 1 rings (SSSR count). The van der Waals surface area contributed by atoms with Crippen molar-refractivity contribution in [2.75, 3.05) is 0 Å². The molecule has 19 heavy (non-hydrogen) atoms. The van der Waals surface area contributed by atoms with Crippen LogP contribution in [0.25, 0.3) is 0 Å². The highest BCUT2D eigenvalue weighted by Gasteiger charge is 2.20. The number of ketones is 2. The molecule has 0 aromatic heterocycles. The van der Waals surface area contributed by atoms with Crippen LogP contribution in [0.2, 0.25) is 0 Å². The van der Waals surface area contributed by atoms with Crippen molar-refractivity contribution in [3.8, 4) is 0 Å². The van der Waals surface area contributed by atoms with Gasteiger partial charge in [0.25, 0.3) is 0 Å². The Kier molecular flexibility index (Phi) is 5.68. The van der Waals surface area contributed by atoms with Crippen LogP contribution in [0.3, 0.4) is 0 Å². The van der Waals surface area contributed by atoms with E-state index in [2.05, 4.69) is 20.4 Å². The number of carbonyl (C=O) groups excluding carboxylic acids is 2. The summed E-state index contributed by atoms with van der Waals surface area (Å²) in [6.07, 6.45) is 3.99. The van der Waals surface area contributed by atoms with Crippen LogP contribution in [-0.2, 0) is 4.79 Å². The highest BCUT2D eigenvalue weighted by molar-refractivity contribution is 5.96. The Morgan fingerprint density at radius 1 is 1.11 bits per heavy atom. The Labute approximate surface area is 115 Å². The van der Waals surface area contributed by atoms with Gasteiger partial charge in [-0.2, -0.15) is 0 Å². The number of hydrogen-bond acceptors (Lipinski definition) is 2. The van der Waals surface area contributed by atoms with Crippen LogP contribution in [0.5, 0.6) is 0 Å². The Hall–Kier alpha value is -1.70. The Morgan fingerprint density at radius 2 is 1.68 bits per heavy atom. The number of allylic oxidation sites excluding steroid dienone is 1. The first-order valence-electron chi connectivity index (χ1n) is 6.68. The molecule has 0 bridgehead atoms. The third kappa shape index (κ3) is 5.64. The first-order valence-corrected chi connectivity index (χ1v) is 6.68. The molecular weight excluding hydrogens is 236 g/mol. The van der Waals surface area contributed by atoms with Gasteiger partial charge in [0.05, 0.1) is 0 Å². The molecule has 0 aliphatic heterocycles. The van der Waals surface area contributed by atoms with E-state index in [-0.39, 0.29) is 17.0 Å². The van der Waals surface area contributed by atoms with E-state index in [4.69, 9.17) is 0 Å². The van der Waals surface area contributed by atoms with Crippen molar-refractivity contribution in [2.24, 2.45) is 5.41 Å². The number of hydrogen-bond donors (Lipinski definition) is 0. The minimum absolute atomic E-state index is 0.00309. The molecule has 0 fully saturated rings. The molecule has 0 spiro atoms. The van der Waals surface area contributed by atoms with E-state index in [0.717, 1.165) is 18.4 Å². The predicted octanol–water partition coefficient (Wildman–Crippen LogP) is 4.21. The second-order valence-electron chi connectivity index (χ2n) is 5.62. The molecule has 0 atom stereocenters. The molecule has 2 nitrogen and oxygen atoms in total. The summed E-state index contributed by atoms with van der Waals surface area (Å²) in [6, 6.07) is 9.34. The van der Waals surface area contributed by atoms with E-state index in [0.29, 0.717) is 12.8 Å². The van der Waals surface area contributed by atoms with Crippen molar-refractivity contribution in [2.45, 2.75) is 39.5 Å². The molecule has 0 aliphatic carbocycles. The van der Waals surface area contributed by atoms with Crippen LogP contribution < -0.4 is 0 Å². The summed E-state index contributed by atoms with van der Waals surface area (Å²) in [5.74, 6) is 0.242. The first kappa shape index (κ1) is 15.4. The largest absolute Gasteiger partial charge is 0.295 e. The molecule has 0 saturated carbocycles. The van der Waals surface area contributed by atoms with Gasteiger partial charge in [-0.25, -0.2) is 0 Å². The molecule has 0 N–H and O–H groups in total. The van der Waals surface area contributed by atoms with Gasteiger partial charge in [-0.1, -0.05) is 50.8 Å². The quantitative estimate of drug-likeness (QED) is 0.517. The number of rotatable bonds is 8. The second-order valence-corrected chi connectivity index (χ2v) is 5.62. The van der Waals surface area contributed by atoms with Gasteiger partial charge in [-0.3, -0.25) is 9.59 Å². The molecule has 0 saturated heterocycles. The maximum Gasteiger partial charge on any atom is 0.162 e. The monoisotopic (exact) mass is 258 g/mol. The molecule has 0 unspecified atom stereocenters. The van der Waals surface area contributed by atoms with E-state index in [9.17, 15) is 9.59 Å². The summed E-state index contributed by atoms with van der Waals surface area (Å²) < 4.78 is 0. The lowest BCUT2D eigenvalue weighted by Crippen LogP contribution is -2.15. The van der Waals surface area contributed by atoms with Crippen LogP contribution in [0, 0.1) is 5.41 Å². The summed E-state index contributed by atoms with van der Waals surface area (Å²) >= 11 is 0. The van der Waals surface area contributed by atoms with Crippen molar-refractivity contribution in [3.05, 3.63) is 48.6 Å². The zero-order valence-corrected chi connectivity index (χ0v) is 11.8. The van der Waals surface area contributed by atoms with E-state index in [1.165, 1.54) is 6.08 Å². The summed E-state index contributed by atoms with van der Waals surface area (Å²) in [6.45, 7) is 7.67. The maximum absolute atomic E-state index is 12.0. The Bertz CT molecular complexity index is 444. The minimum Gasteiger partial charge on any atom is -0.295 e. The third-order valence-corrected chi connectivity index (χ3v) is 3.40. The predicted molar refractivity (Wildman–Crippen MR) is 78.2 cm³/mol. The van der Waals surface area contributed by atoms with E-state index >= 15 is 0 Å². The van der Waals surface area contributed by atoms with Crippen LogP contribution in [0.4, 0.5) is 0 Å². The zero-order chi connectivity index (χ0) is 14.3. The standard InChI is InChI=1S/C17H22O2/c1-4-15(18)10-12-17(2,3)13-11-16(19)14-8-6-5-7-9-14/h4-9H,1,10-13H2,2-3H3. The molecule has 1 aromatic rings. The number of carbonyl (C=O) groups is 2. The summed E-state index contributed by atoms with van der Waals surface area (Å²) in [5, 5.41) is 0. The molecule has 2 heteroatoms. The SMILES string of the molecule is C=CC(=O)CCC(C)(C)CCC(=O)c1ccccc1. The van der Waals surface area contributed by atoms with Gasteiger partial charge >= 0.3 is 0 Å². The maximum atomic E-state index is 12.0. The van der Waals surface area contributed by atoms with Crippen LogP contribution in [-0.4, -0.2) is 11.6 Å². The number of Topliss-reactive ketones (excluding diaryl/α,β-unsaturated/α-hetero) is 1. The van der Waals surface area contributed by atoms with Gasteiger partial charge in [0.2, 0.25) is 0 Å². The lowest BCUT2D eigenvalue weighted by Gasteiger charge is -2.23. The van der Waals surface area contributed by atoms with Crippen LogP contribution in [0.1, 0.15) is 49.9 Å². The molecule has 0 aliphatic rings. The summed E-state index contributed by atoms with van der Waals surface area (Å²) in [7, 11) is 0. The van der Waals surface area contributed by atoms with Crippen molar-refractivity contribution in [3.63, 3.8) is 0 Å². The normalized spacial score (nSPS) is 11.1. The topological polar surface area (TPSA) is 34.1 Å². The van der Waals surface area contributed by atoms with Gasteiger partial charge in [0.1, 0.15) is 0 Å². The average Bonchev–Trinajstić information content (AvgIpc) is 2.43. The fourth-order valence-electron chi connectivity index (χ4n) is 1.91. The average molecular weight is 258 g/mol. The molecule has 0 amide bonds. The Balaban J connectivity index is 2.44. The van der Waals surface area contributed by atoms with Gasteiger partial charge in [-0.05, 0) is 24.3 Å². The second kappa shape index (κ2) is 7.03. The molecule has 0 radical (unpaired) electrons. The minimum atomic E-state index is 0.00309. The van der Waals surface area contributed by atoms with E-state index in [1.54, 1.807) is 0 Å². The van der Waals surface area contributed by atoms with Crippen molar-refractivity contribution < 1.29 is 9.59 Å². The summed E-state index contributed by atoms with van der Waals surface area (Å²) in [4.78, 5) is 23.2. The summed E-state index contributed by atoms with van der Waals surface area (Å²) in [5.41, 5.74) is 0.767. The van der Waals surface area contributed by atoms with E-state index < -0.39 is 0 Å². The van der Waals surface area contributed by atoms with Gasteiger partial charge in [0, 0.05) is 18.4 Å². The fraction of sp³-hybridized carbons (Fsp3) is 0.412. The smallest absolute Gasteiger partial charge is 0.162 e. The highest BCUT2D eigenvalue weighted by atomic mass is 16.1. The third-order valence-electron chi connectivity index (χ3n) is 3.40. The van der Waals surface area contributed by atoms with E-state index in [1.807, 2.05) is 30.3 Å². The molecule has 0 heterocycles. The van der Waals surface area contributed by atoms with Crippen LogP contribution >= 0.6 is 0 Å². The lowest BCUT2D eigenvalue weighted by molar-refractivity contribution is -0.115. The van der Waals surface area contributed by atoms with Crippen molar-refractivity contribution in [1.29, 1.82) is 0 Å². The highest BCUT2D eigenvalue weighted by Crippen LogP contribution is 2.29. The van der Waals surface area contributed by atoms with Gasteiger partial charge in [-0.15, -0.1) is 0 Å². The Morgan fingerprint density at radius 3 is 2.26 bits per heavy atom. The van der Waals surface area contributed by atoms with Crippen molar-refractivity contribution in [1.82, 2.24) is 0 Å². The van der Waals surface area contributed by atoms with Crippen molar-refractivity contribution >= 4 is 11.6 Å². The first-order chi connectivity index (χ1) is 8.94. The molecular formula is C17H22O2. The van der Waals surface area contributed by atoms with Crippen LogP contribution in [0.15, 0.2) is 43.0 Å². The molecule has 1 aromatic carbocycles. The number of benzene rings is 1. The fourth-order valence-corrected chi connectivity index (χ4v) is 1.91. The van der Waals surface area contributed by atoms with Gasteiger partial charge < -0.3 is 0 Å². The van der Waals surface area contributed by atoms with Gasteiger partial charge in [0.15, 0.2) is 11.6 Å².